The van der Waals surface area contributed by atoms with Crippen molar-refractivity contribution in [3.05, 3.63) is 29.3 Å². The fourth-order valence-electron chi connectivity index (χ4n) is 2.65. The van der Waals surface area contributed by atoms with Gasteiger partial charge in [-0.2, -0.15) is 0 Å². The Hall–Kier alpha value is -1.75. The van der Waals surface area contributed by atoms with Gasteiger partial charge in [0.05, 0.1) is 12.7 Å². The van der Waals surface area contributed by atoms with Gasteiger partial charge in [-0.05, 0) is 43.6 Å². The van der Waals surface area contributed by atoms with E-state index in [1.807, 2.05) is 18.2 Å². The Morgan fingerprint density at radius 2 is 2.00 bits per heavy atom. The minimum absolute atomic E-state index is 0.0724. The van der Waals surface area contributed by atoms with Crippen LogP contribution in [0.3, 0.4) is 0 Å². The van der Waals surface area contributed by atoms with E-state index >= 15 is 0 Å². The second kappa shape index (κ2) is 7.14. The van der Waals surface area contributed by atoms with Gasteiger partial charge in [-0.15, -0.1) is 0 Å². The minimum Gasteiger partial charge on any atom is -0.496 e. The fourth-order valence-corrected chi connectivity index (χ4v) is 2.65. The smallest absolute Gasteiger partial charge is 0.173 e. The summed E-state index contributed by atoms with van der Waals surface area (Å²) in [5.74, 6) is 0.718. The van der Waals surface area contributed by atoms with Crippen molar-refractivity contribution in [2.45, 2.75) is 32.2 Å². The van der Waals surface area contributed by atoms with Crippen molar-refractivity contribution < 1.29 is 9.94 Å². The van der Waals surface area contributed by atoms with Crippen molar-refractivity contribution in [2.24, 2.45) is 10.9 Å². The van der Waals surface area contributed by atoms with Crippen LogP contribution in [0.25, 0.3) is 0 Å². The predicted molar refractivity (Wildman–Crippen MR) is 79.2 cm³/mol. The first-order valence-corrected chi connectivity index (χ1v) is 7.11. The second-order valence-corrected chi connectivity index (χ2v) is 5.21. The highest BCUT2D eigenvalue weighted by Gasteiger charge is 2.12. The minimum atomic E-state index is 0.0724. The molecule has 5 nitrogen and oxygen atoms in total. The summed E-state index contributed by atoms with van der Waals surface area (Å²) in [7, 11) is 1.60. The zero-order valence-corrected chi connectivity index (χ0v) is 12.0. The summed E-state index contributed by atoms with van der Waals surface area (Å²) < 4.78 is 5.33. The summed E-state index contributed by atoms with van der Waals surface area (Å²) in [5.41, 5.74) is 7.45. The first-order valence-electron chi connectivity index (χ1n) is 7.11. The highest BCUT2D eigenvalue weighted by molar-refractivity contribution is 5.99. The maximum atomic E-state index is 8.77. The Morgan fingerprint density at radius 3 is 2.60 bits per heavy atom. The number of ether oxygens (including phenoxy) is 1. The third-order valence-corrected chi connectivity index (χ3v) is 3.75. The van der Waals surface area contributed by atoms with Gasteiger partial charge < -0.3 is 15.7 Å². The number of nitrogens with zero attached hydrogens (tertiary/aromatic N) is 2. The molecule has 20 heavy (non-hydrogen) atoms. The quantitative estimate of drug-likeness (QED) is 0.383. The second-order valence-electron chi connectivity index (χ2n) is 5.21. The molecular weight excluding hydrogens is 254 g/mol. The Bertz CT molecular complexity index is 466. The molecule has 0 aliphatic carbocycles. The van der Waals surface area contributed by atoms with Crippen molar-refractivity contribution in [3.63, 3.8) is 0 Å². The van der Waals surface area contributed by atoms with Gasteiger partial charge >= 0.3 is 0 Å². The van der Waals surface area contributed by atoms with Crippen LogP contribution in [-0.4, -0.2) is 36.1 Å². The van der Waals surface area contributed by atoms with E-state index in [1.54, 1.807) is 7.11 Å². The number of hydrogen-bond acceptors (Lipinski definition) is 4. The van der Waals surface area contributed by atoms with E-state index in [0.717, 1.165) is 19.6 Å². The Balaban J connectivity index is 2.12. The monoisotopic (exact) mass is 277 g/mol. The maximum absolute atomic E-state index is 8.77. The first-order chi connectivity index (χ1) is 9.74. The lowest BCUT2D eigenvalue weighted by Gasteiger charge is -2.20. The zero-order valence-electron chi connectivity index (χ0n) is 12.0. The molecule has 0 saturated carbocycles. The molecule has 5 heteroatoms. The largest absolute Gasteiger partial charge is 0.496 e. The molecule has 3 N–H and O–H groups in total. The van der Waals surface area contributed by atoms with Gasteiger partial charge in [0.15, 0.2) is 5.84 Å². The molecule has 1 aromatic rings. The molecular formula is C15H23N3O2. The summed E-state index contributed by atoms with van der Waals surface area (Å²) in [6, 6.07) is 5.83. The summed E-state index contributed by atoms with van der Waals surface area (Å²) in [6.45, 7) is 3.24. The van der Waals surface area contributed by atoms with Gasteiger partial charge in [-0.1, -0.05) is 24.1 Å². The van der Waals surface area contributed by atoms with Crippen molar-refractivity contribution in [1.29, 1.82) is 0 Å². The molecule has 0 bridgehead atoms. The molecule has 1 fully saturated rings. The van der Waals surface area contributed by atoms with Gasteiger partial charge in [0.25, 0.3) is 0 Å². The number of methoxy groups -OCH3 is 1. The van der Waals surface area contributed by atoms with E-state index in [0.29, 0.717) is 11.3 Å². The van der Waals surface area contributed by atoms with Crippen molar-refractivity contribution in [1.82, 2.24) is 4.90 Å². The molecule has 1 aliphatic rings. The molecule has 1 saturated heterocycles. The predicted octanol–water partition coefficient (Wildman–Crippen LogP) is 2.17. The van der Waals surface area contributed by atoms with Gasteiger partial charge in [0.1, 0.15) is 5.75 Å². The van der Waals surface area contributed by atoms with E-state index in [9.17, 15) is 0 Å². The standard InChI is InChI=1S/C15H23N3O2/c1-20-14-10-12(6-7-13(14)15(16)17-19)11-18-8-4-2-3-5-9-18/h6-7,10,19H,2-5,8-9,11H2,1H3,(H2,16,17). The van der Waals surface area contributed by atoms with Gasteiger partial charge in [0.2, 0.25) is 0 Å². The van der Waals surface area contributed by atoms with Crippen LogP contribution < -0.4 is 10.5 Å². The first kappa shape index (κ1) is 14.7. The number of benzene rings is 1. The molecule has 0 amide bonds. The zero-order chi connectivity index (χ0) is 14.4. The molecule has 0 spiro atoms. The van der Waals surface area contributed by atoms with Crippen LogP contribution in [0, 0.1) is 0 Å². The summed E-state index contributed by atoms with van der Waals surface area (Å²) in [6.07, 6.45) is 5.23. The van der Waals surface area contributed by atoms with Crippen molar-refractivity contribution in [3.8, 4) is 5.75 Å². The average molecular weight is 277 g/mol. The van der Waals surface area contributed by atoms with Gasteiger partial charge in [-0.25, -0.2) is 0 Å². The summed E-state index contributed by atoms with van der Waals surface area (Å²) in [5, 5.41) is 11.8. The third-order valence-electron chi connectivity index (χ3n) is 3.75. The molecule has 1 heterocycles. The van der Waals surface area contributed by atoms with Crippen LogP contribution >= 0.6 is 0 Å². The fraction of sp³-hybridized carbons (Fsp3) is 0.533. The molecule has 110 valence electrons. The lowest BCUT2D eigenvalue weighted by molar-refractivity contribution is 0.276. The lowest BCUT2D eigenvalue weighted by Crippen LogP contribution is -2.24. The average Bonchev–Trinajstić information content (AvgIpc) is 2.75. The van der Waals surface area contributed by atoms with Crippen molar-refractivity contribution in [2.75, 3.05) is 20.2 Å². The third kappa shape index (κ3) is 3.63. The number of likely N-dealkylation sites (tertiary alicyclic amines) is 1. The van der Waals surface area contributed by atoms with E-state index in [4.69, 9.17) is 15.7 Å². The van der Waals surface area contributed by atoms with E-state index < -0.39 is 0 Å². The van der Waals surface area contributed by atoms with Crippen LogP contribution in [0.2, 0.25) is 0 Å². The molecule has 1 aromatic carbocycles. The summed E-state index contributed by atoms with van der Waals surface area (Å²) in [4.78, 5) is 2.48. The van der Waals surface area contributed by atoms with E-state index in [2.05, 4.69) is 10.1 Å². The molecule has 1 aliphatic heterocycles. The lowest BCUT2D eigenvalue weighted by atomic mass is 10.1. The van der Waals surface area contributed by atoms with Crippen LogP contribution in [0.5, 0.6) is 5.75 Å². The van der Waals surface area contributed by atoms with E-state index in [-0.39, 0.29) is 5.84 Å². The number of hydrogen-bond donors (Lipinski definition) is 2. The molecule has 0 aromatic heterocycles. The Kier molecular flexibility index (Phi) is 5.24. The van der Waals surface area contributed by atoms with E-state index in [1.165, 1.54) is 31.2 Å². The normalized spacial score (nSPS) is 17.8. The Morgan fingerprint density at radius 1 is 1.30 bits per heavy atom. The van der Waals surface area contributed by atoms with Crippen LogP contribution in [0.15, 0.2) is 23.4 Å². The maximum Gasteiger partial charge on any atom is 0.173 e. The SMILES string of the molecule is COc1cc(CN2CCCCCC2)ccc1/C(N)=N/O. The van der Waals surface area contributed by atoms with Gasteiger partial charge in [0, 0.05) is 6.54 Å². The molecule has 0 atom stereocenters. The van der Waals surface area contributed by atoms with Crippen LogP contribution in [-0.2, 0) is 6.54 Å². The van der Waals surface area contributed by atoms with Crippen molar-refractivity contribution >= 4 is 5.84 Å². The number of oxime groups is 1. The molecule has 0 radical (unpaired) electrons. The number of nitrogens with two attached hydrogens (primary N) is 1. The summed E-state index contributed by atoms with van der Waals surface area (Å²) >= 11 is 0. The highest BCUT2D eigenvalue weighted by Crippen LogP contribution is 2.22. The molecule has 0 unspecified atom stereocenters. The Labute approximate surface area is 120 Å². The number of rotatable bonds is 4. The number of amidine groups is 1. The molecule has 2 rings (SSSR count). The van der Waals surface area contributed by atoms with Crippen LogP contribution in [0.1, 0.15) is 36.8 Å². The highest BCUT2D eigenvalue weighted by atomic mass is 16.5. The topological polar surface area (TPSA) is 71.1 Å². The van der Waals surface area contributed by atoms with Gasteiger partial charge in [-0.3, -0.25) is 4.90 Å². The van der Waals surface area contributed by atoms with Crippen LogP contribution in [0.4, 0.5) is 0 Å².